The van der Waals surface area contributed by atoms with Crippen LogP contribution in [0.3, 0.4) is 0 Å². The van der Waals surface area contributed by atoms with E-state index in [9.17, 15) is 9.59 Å². The van der Waals surface area contributed by atoms with Gasteiger partial charge in [0, 0.05) is 0 Å². The fourth-order valence-corrected chi connectivity index (χ4v) is 2.26. The topological polar surface area (TPSA) is 101 Å². The summed E-state index contributed by atoms with van der Waals surface area (Å²) in [4.78, 5) is 21.8. The first kappa shape index (κ1) is 15.7. The highest BCUT2D eigenvalue weighted by molar-refractivity contribution is 5.87. The number of hydrogen-bond acceptors (Lipinski definition) is 3. The lowest BCUT2D eigenvalue weighted by Gasteiger charge is -2.09. The first-order chi connectivity index (χ1) is 10.5. The predicted octanol–water partition coefficient (Wildman–Crippen LogP) is 1.93. The highest BCUT2D eigenvalue weighted by Crippen LogP contribution is 2.14. The van der Waals surface area contributed by atoms with Crippen LogP contribution in [0.1, 0.15) is 27.0 Å². The average Bonchev–Trinajstić information content (AvgIpc) is 2.47. The maximum Gasteiger partial charge on any atom is 0.335 e. The lowest BCUT2D eigenvalue weighted by Crippen LogP contribution is -2.32. The third-order valence-corrected chi connectivity index (χ3v) is 3.35. The van der Waals surface area contributed by atoms with Crippen molar-refractivity contribution in [3.8, 4) is 0 Å². The molecule has 4 N–H and O–H groups in total. The van der Waals surface area contributed by atoms with Gasteiger partial charge in [-0.1, -0.05) is 36.4 Å². The van der Waals surface area contributed by atoms with E-state index in [0.717, 1.165) is 16.7 Å². The van der Waals surface area contributed by atoms with Gasteiger partial charge in [0.2, 0.25) is 0 Å². The third kappa shape index (κ3) is 4.17. The molecule has 0 aromatic heterocycles. The summed E-state index contributed by atoms with van der Waals surface area (Å²) in [5.41, 5.74) is 8.51. The van der Waals surface area contributed by atoms with E-state index in [1.165, 1.54) is 0 Å². The molecular formula is C17H17NO4. The van der Waals surface area contributed by atoms with Crippen LogP contribution in [-0.4, -0.2) is 28.2 Å². The molecule has 0 fully saturated rings. The Morgan fingerprint density at radius 1 is 0.955 bits per heavy atom. The van der Waals surface area contributed by atoms with E-state index in [4.69, 9.17) is 15.9 Å². The van der Waals surface area contributed by atoms with Crippen LogP contribution in [0.4, 0.5) is 0 Å². The van der Waals surface area contributed by atoms with Crippen molar-refractivity contribution in [1.82, 2.24) is 0 Å². The van der Waals surface area contributed by atoms with Crippen molar-refractivity contribution < 1.29 is 19.8 Å². The van der Waals surface area contributed by atoms with Gasteiger partial charge in [0.05, 0.1) is 5.56 Å². The average molecular weight is 299 g/mol. The number of carbonyl (C=O) groups is 2. The van der Waals surface area contributed by atoms with E-state index in [2.05, 4.69) is 0 Å². The number of benzene rings is 2. The van der Waals surface area contributed by atoms with Crippen molar-refractivity contribution in [2.24, 2.45) is 5.73 Å². The highest BCUT2D eigenvalue weighted by atomic mass is 16.4. The summed E-state index contributed by atoms with van der Waals surface area (Å²) in [7, 11) is 0. The van der Waals surface area contributed by atoms with Crippen molar-refractivity contribution >= 4 is 11.9 Å². The molecular weight excluding hydrogens is 282 g/mol. The third-order valence-electron chi connectivity index (χ3n) is 3.35. The number of carboxylic acids is 2. The molecule has 0 saturated heterocycles. The number of aliphatic carboxylic acids is 1. The minimum absolute atomic E-state index is 0.251. The Hall–Kier alpha value is -2.66. The molecule has 0 aliphatic heterocycles. The molecule has 0 aliphatic carbocycles. The second-order valence-electron chi connectivity index (χ2n) is 5.15. The maximum atomic E-state index is 11.0. The van der Waals surface area contributed by atoms with E-state index < -0.39 is 18.0 Å². The minimum Gasteiger partial charge on any atom is -0.480 e. The molecule has 5 heteroatoms. The summed E-state index contributed by atoms with van der Waals surface area (Å²) < 4.78 is 0. The van der Waals surface area contributed by atoms with Gasteiger partial charge in [-0.05, 0) is 41.7 Å². The zero-order valence-corrected chi connectivity index (χ0v) is 11.9. The molecule has 2 aromatic rings. The van der Waals surface area contributed by atoms with E-state index >= 15 is 0 Å². The molecule has 2 rings (SSSR count). The number of rotatable bonds is 6. The van der Waals surface area contributed by atoms with Crippen molar-refractivity contribution in [3.05, 3.63) is 70.8 Å². The quantitative estimate of drug-likeness (QED) is 0.756. The van der Waals surface area contributed by atoms with Crippen LogP contribution in [0.15, 0.2) is 48.5 Å². The molecule has 1 unspecified atom stereocenters. The largest absolute Gasteiger partial charge is 0.480 e. The Balaban J connectivity index is 2.15. The standard InChI is InChI=1S/C17H17NO4/c18-15(17(21)22)10-13-4-1-3-11(8-13)7-12-5-2-6-14(9-12)16(19)20/h1-6,8-9,15H,7,10,18H2,(H,19,20)(H,21,22). The predicted molar refractivity (Wildman–Crippen MR) is 82.0 cm³/mol. The first-order valence-corrected chi connectivity index (χ1v) is 6.84. The van der Waals surface area contributed by atoms with Crippen molar-refractivity contribution in [2.75, 3.05) is 0 Å². The molecule has 5 nitrogen and oxygen atoms in total. The van der Waals surface area contributed by atoms with Crippen LogP contribution >= 0.6 is 0 Å². The van der Waals surface area contributed by atoms with Crippen LogP contribution in [0.25, 0.3) is 0 Å². The number of hydrogen-bond donors (Lipinski definition) is 3. The van der Waals surface area contributed by atoms with E-state index in [1.54, 1.807) is 18.2 Å². The van der Waals surface area contributed by atoms with Gasteiger partial charge in [-0.2, -0.15) is 0 Å². The molecule has 0 bridgehead atoms. The van der Waals surface area contributed by atoms with Crippen LogP contribution in [-0.2, 0) is 17.6 Å². The van der Waals surface area contributed by atoms with Crippen molar-refractivity contribution in [2.45, 2.75) is 18.9 Å². The maximum absolute atomic E-state index is 11.0. The summed E-state index contributed by atoms with van der Waals surface area (Å²) in [6.07, 6.45) is 0.843. The van der Waals surface area contributed by atoms with E-state index in [1.807, 2.05) is 30.3 Å². The van der Waals surface area contributed by atoms with Gasteiger partial charge < -0.3 is 15.9 Å². The summed E-state index contributed by atoms with van der Waals surface area (Å²) in [5.74, 6) is -1.98. The molecule has 0 spiro atoms. The Kier molecular flexibility index (Phi) is 4.91. The van der Waals surface area contributed by atoms with E-state index in [-0.39, 0.29) is 12.0 Å². The molecule has 0 amide bonds. The van der Waals surface area contributed by atoms with Crippen LogP contribution < -0.4 is 5.73 Å². The van der Waals surface area contributed by atoms with Crippen molar-refractivity contribution in [3.63, 3.8) is 0 Å². The van der Waals surface area contributed by atoms with Crippen molar-refractivity contribution in [1.29, 1.82) is 0 Å². The van der Waals surface area contributed by atoms with Gasteiger partial charge >= 0.3 is 11.9 Å². The van der Waals surface area contributed by atoms with Crippen LogP contribution in [0.5, 0.6) is 0 Å². The van der Waals surface area contributed by atoms with E-state index in [0.29, 0.717) is 6.42 Å². The normalized spacial score (nSPS) is 11.9. The molecule has 0 heterocycles. The van der Waals surface area contributed by atoms with Crippen LogP contribution in [0.2, 0.25) is 0 Å². The minimum atomic E-state index is -1.03. The smallest absolute Gasteiger partial charge is 0.335 e. The molecule has 0 saturated carbocycles. The Morgan fingerprint density at radius 2 is 1.55 bits per heavy atom. The molecule has 114 valence electrons. The summed E-state index contributed by atoms with van der Waals surface area (Å²) >= 11 is 0. The van der Waals surface area contributed by atoms with Gasteiger partial charge in [-0.15, -0.1) is 0 Å². The second kappa shape index (κ2) is 6.87. The van der Waals surface area contributed by atoms with Gasteiger partial charge in [-0.3, -0.25) is 4.79 Å². The Morgan fingerprint density at radius 3 is 2.18 bits per heavy atom. The molecule has 2 aromatic carbocycles. The lowest BCUT2D eigenvalue weighted by atomic mass is 9.99. The molecule has 22 heavy (non-hydrogen) atoms. The van der Waals surface area contributed by atoms with Gasteiger partial charge in [0.15, 0.2) is 0 Å². The monoisotopic (exact) mass is 299 g/mol. The van der Waals surface area contributed by atoms with Gasteiger partial charge in [0.1, 0.15) is 6.04 Å². The molecule has 0 aliphatic rings. The fraction of sp³-hybridized carbons (Fsp3) is 0.176. The lowest BCUT2D eigenvalue weighted by molar-refractivity contribution is -0.138. The zero-order chi connectivity index (χ0) is 16.1. The molecule has 0 radical (unpaired) electrons. The first-order valence-electron chi connectivity index (χ1n) is 6.84. The van der Waals surface area contributed by atoms with Crippen LogP contribution in [0, 0.1) is 0 Å². The number of aromatic carboxylic acids is 1. The summed E-state index contributed by atoms with van der Waals surface area (Å²) in [6, 6.07) is 13.3. The van der Waals surface area contributed by atoms with Gasteiger partial charge in [0.25, 0.3) is 0 Å². The summed E-state index contributed by atoms with van der Waals surface area (Å²) in [6.45, 7) is 0. The number of carboxylic acid groups (broad SMARTS) is 2. The Bertz CT molecular complexity index is 697. The second-order valence-corrected chi connectivity index (χ2v) is 5.15. The fourth-order valence-electron chi connectivity index (χ4n) is 2.26. The highest BCUT2D eigenvalue weighted by Gasteiger charge is 2.12. The molecule has 1 atom stereocenters. The zero-order valence-electron chi connectivity index (χ0n) is 11.9. The SMILES string of the molecule is NC(Cc1cccc(Cc2cccc(C(=O)O)c2)c1)C(=O)O. The van der Waals surface area contributed by atoms with Gasteiger partial charge in [-0.25, -0.2) is 4.79 Å². The summed E-state index contributed by atoms with van der Waals surface area (Å²) in [5, 5.41) is 17.9. The number of nitrogens with two attached hydrogens (primary N) is 1. The Labute approximate surface area is 128 Å².